The average Bonchev–Trinajstić information content (AvgIpc) is 1.84. The Morgan fingerprint density at radius 1 is 1.78 bits per heavy atom. The zero-order valence-electron chi connectivity index (χ0n) is 5.22. The molecule has 3 heteroatoms. The van der Waals surface area contributed by atoms with Gasteiger partial charge in [-0.1, -0.05) is 24.8 Å². The lowest BCUT2D eigenvalue weighted by Gasteiger charge is -2.10. The van der Waals surface area contributed by atoms with Crippen molar-refractivity contribution in [1.29, 1.82) is 0 Å². The van der Waals surface area contributed by atoms with Gasteiger partial charge in [0.25, 0.3) is 5.91 Å². The topological polar surface area (TPSA) is 20.3 Å². The van der Waals surface area contributed by atoms with Crippen LogP contribution in [0.4, 0.5) is 0 Å². The number of carbonyl (C=O) groups is 1. The molecular weight excluding hydrogens is 138 g/mol. The summed E-state index contributed by atoms with van der Waals surface area (Å²) >= 11 is 5.36. The van der Waals surface area contributed by atoms with Gasteiger partial charge in [-0.2, -0.15) is 0 Å². The fourth-order valence-electron chi connectivity index (χ4n) is 0.256. The van der Waals surface area contributed by atoms with Crippen LogP contribution in [0.15, 0.2) is 24.4 Å². The lowest BCUT2D eigenvalue weighted by atomic mass is 10.5. The Hall–Kier alpha value is -0.760. The first-order chi connectivity index (χ1) is 4.09. The largest absolute Gasteiger partial charge is 0.303 e. The Kier molecular flexibility index (Phi) is 3.02. The lowest BCUT2D eigenvalue weighted by molar-refractivity contribution is -0.122. The molecule has 0 heterocycles. The maximum absolute atomic E-state index is 10.6. The van der Waals surface area contributed by atoms with Crippen LogP contribution in [0.5, 0.6) is 0 Å². The van der Waals surface area contributed by atoms with Crippen LogP contribution in [0, 0.1) is 0 Å². The fourth-order valence-corrected chi connectivity index (χ4v) is 0.340. The molecule has 0 fully saturated rings. The van der Waals surface area contributed by atoms with Gasteiger partial charge in [0.15, 0.2) is 0 Å². The van der Waals surface area contributed by atoms with E-state index in [9.17, 15) is 4.79 Å². The number of nitrogens with zero attached hydrogens (tertiary/aromatic N) is 1. The molecule has 0 spiro atoms. The van der Waals surface area contributed by atoms with Gasteiger partial charge in [0.05, 0.1) is 0 Å². The highest BCUT2D eigenvalue weighted by atomic mass is 35.5. The van der Waals surface area contributed by atoms with Crippen molar-refractivity contribution in [3.63, 3.8) is 0 Å². The van der Waals surface area contributed by atoms with Gasteiger partial charge in [0.2, 0.25) is 0 Å². The van der Waals surface area contributed by atoms with Gasteiger partial charge in [-0.3, -0.25) is 4.79 Å². The van der Waals surface area contributed by atoms with Crippen molar-refractivity contribution in [2.24, 2.45) is 0 Å². The number of rotatable bonds is 2. The molecule has 2 nitrogen and oxygen atoms in total. The van der Waals surface area contributed by atoms with Crippen LogP contribution >= 0.6 is 11.6 Å². The van der Waals surface area contributed by atoms with Gasteiger partial charge in [-0.25, -0.2) is 0 Å². The molecule has 0 aromatic rings. The predicted octanol–water partition coefficient (Wildman–Crippen LogP) is 1.34. The van der Waals surface area contributed by atoms with E-state index in [0.29, 0.717) is 0 Å². The zero-order valence-corrected chi connectivity index (χ0v) is 5.98. The summed E-state index contributed by atoms with van der Waals surface area (Å²) in [7, 11) is 1.53. The van der Waals surface area contributed by atoms with E-state index in [-0.39, 0.29) is 11.1 Å². The van der Waals surface area contributed by atoms with E-state index >= 15 is 0 Å². The van der Waals surface area contributed by atoms with Gasteiger partial charge in [-0.15, -0.1) is 0 Å². The second-order valence-corrected chi connectivity index (χ2v) is 1.91. The number of likely N-dealkylation sites (N-methyl/N-ethyl adjacent to an activating group) is 1. The molecule has 9 heavy (non-hydrogen) atoms. The fraction of sp³-hybridized carbons (Fsp3) is 0.167. The van der Waals surface area contributed by atoms with E-state index < -0.39 is 0 Å². The molecule has 0 aliphatic carbocycles. The smallest absolute Gasteiger partial charge is 0.250 e. The molecule has 0 saturated heterocycles. The summed E-state index contributed by atoms with van der Waals surface area (Å²) in [6.07, 6.45) is 1.17. The molecular formula is C6H8ClNO. The zero-order chi connectivity index (χ0) is 7.44. The molecule has 0 bridgehead atoms. The Balaban J connectivity index is 4.03. The number of hydrogen-bond acceptors (Lipinski definition) is 1. The molecule has 50 valence electrons. The summed E-state index contributed by atoms with van der Waals surface area (Å²) in [6.45, 7) is 6.62. The van der Waals surface area contributed by atoms with E-state index in [1.807, 2.05) is 0 Å². The molecule has 0 aromatic heterocycles. The third kappa shape index (κ3) is 2.33. The van der Waals surface area contributed by atoms with Crippen molar-refractivity contribution in [2.75, 3.05) is 7.05 Å². The SMILES string of the molecule is C=CC(=O)N(C)C(=C)Cl. The molecule has 0 radical (unpaired) electrons. The quantitative estimate of drug-likeness (QED) is 0.424. The van der Waals surface area contributed by atoms with Crippen LogP contribution in [0.3, 0.4) is 0 Å². The normalized spacial score (nSPS) is 8.22. The molecule has 0 saturated carbocycles. The Morgan fingerprint density at radius 3 is 2.33 bits per heavy atom. The minimum atomic E-state index is -0.255. The Labute approximate surface area is 59.4 Å². The Bertz CT molecular complexity index is 153. The maximum atomic E-state index is 10.6. The number of amides is 1. The van der Waals surface area contributed by atoms with Gasteiger partial charge >= 0.3 is 0 Å². The maximum Gasteiger partial charge on any atom is 0.250 e. The molecule has 1 amide bonds. The van der Waals surface area contributed by atoms with Crippen molar-refractivity contribution in [3.05, 3.63) is 24.4 Å². The van der Waals surface area contributed by atoms with Crippen LogP contribution < -0.4 is 0 Å². The van der Waals surface area contributed by atoms with Crippen LogP contribution in [0.25, 0.3) is 0 Å². The van der Waals surface area contributed by atoms with Crippen molar-refractivity contribution < 1.29 is 4.79 Å². The summed E-state index contributed by atoms with van der Waals surface area (Å²) in [6, 6.07) is 0. The molecule has 0 aliphatic rings. The van der Waals surface area contributed by atoms with Crippen LogP contribution in [0.2, 0.25) is 0 Å². The number of carbonyl (C=O) groups excluding carboxylic acids is 1. The second kappa shape index (κ2) is 3.30. The molecule has 0 N–H and O–H groups in total. The highest BCUT2D eigenvalue weighted by Crippen LogP contribution is 2.02. The standard InChI is InChI=1S/C6H8ClNO/c1-4-6(9)8(3)5(2)7/h4H,1-2H2,3H3. The van der Waals surface area contributed by atoms with Crippen molar-refractivity contribution in [3.8, 4) is 0 Å². The van der Waals surface area contributed by atoms with E-state index in [4.69, 9.17) is 11.6 Å². The summed E-state index contributed by atoms with van der Waals surface area (Å²) in [5, 5.41) is 0.194. The molecule has 0 aliphatic heterocycles. The van der Waals surface area contributed by atoms with E-state index in [0.717, 1.165) is 0 Å². The van der Waals surface area contributed by atoms with Crippen molar-refractivity contribution in [2.45, 2.75) is 0 Å². The summed E-state index contributed by atoms with van der Waals surface area (Å²) in [4.78, 5) is 11.8. The predicted molar refractivity (Wildman–Crippen MR) is 38.0 cm³/mol. The van der Waals surface area contributed by atoms with Gasteiger partial charge in [0, 0.05) is 7.05 Å². The first-order valence-corrected chi connectivity index (χ1v) is 2.72. The summed E-state index contributed by atoms with van der Waals surface area (Å²) < 4.78 is 0. The third-order valence-electron chi connectivity index (χ3n) is 0.869. The van der Waals surface area contributed by atoms with Crippen molar-refractivity contribution in [1.82, 2.24) is 4.90 Å². The molecule has 0 unspecified atom stereocenters. The number of hydrogen-bond donors (Lipinski definition) is 0. The minimum absolute atomic E-state index is 0.194. The second-order valence-electron chi connectivity index (χ2n) is 1.48. The highest BCUT2D eigenvalue weighted by molar-refractivity contribution is 6.30. The van der Waals surface area contributed by atoms with Gasteiger partial charge in [0.1, 0.15) is 5.16 Å². The van der Waals surface area contributed by atoms with Gasteiger partial charge in [-0.05, 0) is 6.08 Å². The molecule has 0 aromatic carbocycles. The number of halogens is 1. The van der Waals surface area contributed by atoms with Crippen molar-refractivity contribution >= 4 is 17.5 Å². The van der Waals surface area contributed by atoms with E-state index in [2.05, 4.69) is 13.2 Å². The van der Waals surface area contributed by atoms with Crippen LogP contribution in [-0.2, 0) is 4.79 Å². The van der Waals surface area contributed by atoms with Crippen LogP contribution in [-0.4, -0.2) is 17.9 Å². The summed E-state index contributed by atoms with van der Waals surface area (Å²) in [5.74, 6) is -0.255. The monoisotopic (exact) mass is 145 g/mol. The van der Waals surface area contributed by atoms with Crippen LogP contribution in [0.1, 0.15) is 0 Å². The van der Waals surface area contributed by atoms with E-state index in [1.54, 1.807) is 0 Å². The van der Waals surface area contributed by atoms with E-state index in [1.165, 1.54) is 18.0 Å². The highest BCUT2D eigenvalue weighted by Gasteiger charge is 2.03. The first-order valence-electron chi connectivity index (χ1n) is 2.34. The molecule has 0 atom stereocenters. The van der Waals surface area contributed by atoms with Gasteiger partial charge < -0.3 is 4.90 Å². The Morgan fingerprint density at radius 2 is 2.22 bits per heavy atom. The average molecular weight is 146 g/mol. The lowest BCUT2D eigenvalue weighted by Crippen LogP contribution is -2.20. The third-order valence-corrected chi connectivity index (χ3v) is 1.12. The molecule has 0 rings (SSSR count). The minimum Gasteiger partial charge on any atom is -0.303 e. The summed E-state index contributed by atoms with van der Waals surface area (Å²) in [5.41, 5.74) is 0. The first kappa shape index (κ1) is 8.24.